The molecule has 7 heavy (non-hydrogen) atoms. The van der Waals surface area contributed by atoms with Gasteiger partial charge in [-0.15, -0.1) is 6.58 Å². The van der Waals surface area contributed by atoms with E-state index in [2.05, 4.69) is 12.3 Å². The van der Waals surface area contributed by atoms with Crippen molar-refractivity contribution >= 4 is 0 Å². The van der Waals surface area contributed by atoms with Crippen molar-refractivity contribution in [3.05, 3.63) is 12.7 Å². The Hall–Kier alpha value is -1.01. The van der Waals surface area contributed by atoms with E-state index in [1.807, 2.05) is 0 Å². The van der Waals surface area contributed by atoms with Gasteiger partial charge in [-0.05, 0) is 0 Å². The Labute approximate surface area is 42.7 Å². The van der Waals surface area contributed by atoms with E-state index in [0.717, 1.165) is 0 Å². The van der Waals surface area contributed by atoms with Crippen LogP contribution in [0, 0.1) is 11.5 Å². The fourth-order valence-corrected chi connectivity index (χ4v) is 0. The molecule has 3 heteroatoms. The first kappa shape index (κ1) is 9.37. The van der Waals surface area contributed by atoms with Crippen LogP contribution in [-0.4, -0.2) is 11.7 Å². The second kappa shape index (κ2) is 20.1. The Balaban J connectivity index is 0. The number of aliphatic hydroxyl groups excluding tert-OH is 1. The number of nitriles is 1. The van der Waals surface area contributed by atoms with E-state index in [-0.39, 0.29) is 6.61 Å². The fraction of sp³-hybridized carbons (Fsp3) is 0.250. The van der Waals surface area contributed by atoms with Crippen molar-refractivity contribution in [3.63, 3.8) is 0 Å². The second-order valence-corrected chi connectivity index (χ2v) is 0.600. The van der Waals surface area contributed by atoms with Crippen molar-refractivity contribution in [2.45, 2.75) is 0 Å². The molecule has 0 atom stereocenters. The van der Waals surface area contributed by atoms with Crippen LogP contribution in [0.1, 0.15) is 0 Å². The maximum atomic E-state index is 7.76. The van der Waals surface area contributed by atoms with Gasteiger partial charge >= 0.3 is 0 Å². The maximum Gasteiger partial charge on any atom is 0.173 e. The molecule has 0 aromatic rings. The van der Waals surface area contributed by atoms with E-state index in [1.54, 1.807) is 0 Å². The Morgan fingerprint density at radius 3 is 2.14 bits per heavy atom. The first-order chi connectivity index (χ1) is 3.33. The van der Waals surface area contributed by atoms with Gasteiger partial charge in [-0.2, -0.15) is 5.26 Å². The lowest BCUT2D eigenvalue weighted by molar-refractivity contribution is 0.343. The third kappa shape index (κ3) is 446000. The summed E-state index contributed by atoms with van der Waals surface area (Å²) in [5.41, 5.74) is 4.15. The van der Waals surface area contributed by atoms with Crippen molar-refractivity contribution in [1.82, 2.24) is 0 Å². The summed E-state index contributed by atoms with van der Waals surface area (Å²) in [4.78, 5) is 0. The molecule has 3 nitrogen and oxygen atoms in total. The summed E-state index contributed by atoms with van der Waals surface area (Å²) in [6.45, 7) is 3.31. The number of nitrogens with two attached hydrogens (primary N) is 1. The number of hydrogen-bond acceptors (Lipinski definition) is 3. The van der Waals surface area contributed by atoms with E-state index in [1.165, 1.54) is 12.3 Å². The highest BCUT2D eigenvalue weighted by atomic mass is 16.2. The van der Waals surface area contributed by atoms with Crippen molar-refractivity contribution in [2.24, 2.45) is 5.73 Å². The van der Waals surface area contributed by atoms with Gasteiger partial charge in [0.05, 0.1) is 6.61 Å². The molecule has 0 radical (unpaired) electrons. The van der Waals surface area contributed by atoms with Crippen LogP contribution in [0.15, 0.2) is 12.7 Å². The maximum absolute atomic E-state index is 7.76. The SMILES string of the molecule is C=CCO.N#CN. The molecule has 40 valence electrons. The minimum Gasteiger partial charge on any atom is -0.392 e. The lowest BCUT2D eigenvalue weighted by Gasteiger charge is -1.60. The molecular formula is C4H8N2O. The monoisotopic (exact) mass is 100 g/mol. The van der Waals surface area contributed by atoms with E-state index < -0.39 is 0 Å². The molecule has 0 unspecified atom stereocenters. The molecule has 0 fully saturated rings. The number of nitrogens with zero attached hydrogens (tertiary/aromatic N) is 1. The molecule has 0 saturated carbocycles. The van der Waals surface area contributed by atoms with Crippen molar-refractivity contribution in [2.75, 3.05) is 6.61 Å². The van der Waals surface area contributed by atoms with Gasteiger partial charge in [0.15, 0.2) is 6.19 Å². The molecule has 0 spiro atoms. The van der Waals surface area contributed by atoms with Crippen LogP contribution in [0.4, 0.5) is 0 Å². The largest absolute Gasteiger partial charge is 0.392 e. The zero-order valence-corrected chi connectivity index (χ0v) is 3.96. The van der Waals surface area contributed by atoms with Crippen molar-refractivity contribution in [1.29, 1.82) is 5.26 Å². The van der Waals surface area contributed by atoms with Gasteiger partial charge < -0.3 is 10.8 Å². The highest BCUT2D eigenvalue weighted by Gasteiger charge is 1.45. The first-order valence-electron chi connectivity index (χ1n) is 1.65. The molecule has 0 aliphatic heterocycles. The number of rotatable bonds is 1. The predicted molar refractivity (Wildman–Crippen MR) is 27.1 cm³/mol. The van der Waals surface area contributed by atoms with Crippen LogP contribution in [0.2, 0.25) is 0 Å². The van der Waals surface area contributed by atoms with Crippen molar-refractivity contribution in [3.8, 4) is 6.19 Å². The summed E-state index contributed by atoms with van der Waals surface area (Å²) in [5, 5.41) is 14.9. The number of hydrogen-bond donors (Lipinski definition) is 2. The molecule has 0 saturated heterocycles. The summed E-state index contributed by atoms with van der Waals surface area (Å²) in [5.74, 6) is 0. The molecule has 0 aliphatic carbocycles. The van der Waals surface area contributed by atoms with Crippen LogP contribution in [0.25, 0.3) is 0 Å². The molecular weight excluding hydrogens is 92.1 g/mol. The zero-order valence-electron chi connectivity index (χ0n) is 3.96. The Bertz CT molecular complexity index is 64.6. The normalized spacial score (nSPS) is 4.57. The third-order valence-electron chi connectivity index (χ3n) is 0.129. The summed E-state index contributed by atoms with van der Waals surface area (Å²) in [6, 6.07) is 0. The Morgan fingerprint density at radius 1 is 2.00 bits per heavy atom. The molecule has 0 rings (SSSR count). The van der Waals surface area contributed by atoms with E-state index in [9.17, 15) is 0 Å². The summed E-state index contributed by atoms with van der Waals surface area (Å²) >= 11 is 0. The van der Waals surface area contributed by atoms with E-state index in [0.29, 0.717) is 0 Å². The molecule has 0 bridgehead atoms. The second-order valence-electron chi connectivity index (χ2n) is 0.600. The number of aliphatic hydroxyl groups is 1. The quantitative estimate of drug-likeness (QED) is 0.267. The van der Waals surface area contributed by atoms with Crippen LogP contribution in [0.3, 0.4) is 0 Å². The Morgan fingerprint density at radius 2 is 2.14 bits per heavy atom. The van der Waals surface area contributed by atoms with Gasteiger partial charge in [-0.25, -0.2) is 0 Å². The summed E-state index contributed by atoms with van der Waals surface area (Å²) in [6.07, 6.45) is 2.68. The van der Waals surface area contributed by atoms with E-state index >= 15 is 0 Å². The first-order valence-corrected chi connectivity index (χ1v) is 1.65. The zero-order chi connectivity index (χ0) is 6.12. The van der Waals surface area contributed by atoms with Gasteiger partial charge in [-0.3, -0.25) is 0 Å². The van der Waals surface area contributed by atoms with Crippen LogP contribution in [-0.2, 0) is 0 Å². The highest BCUT2D eigenvalue weighted by Crippen LogP contribution is 1.46. The molecule has 0 aliphatic rings. The minimum absolute atomic E-state index is 0.0833. The van der Waals surface area contributed by atoms with Gasteiger partial charge in [-0.1, -0.05) is 6.08 Å². The molecule has 0 aromatic carbocycles. The van der Waals surface area contributed by atoms with Crippen LogP contribution in [0.5, 0.6) is 0 Å². The lowest BCUT2D eigenvalue weighted by Crippen LogP contribution is -1.69. The van der Waals surface area contributed by atoms with Gasteiger partial charge in [0.25, 0.3) is 0 Å². The van der Waals surface area contributed by atoms with Gasteiger partial charge in [0.2, 0.25) is 0 Å². The van der Waals surface area contributed by atoms with Gasteiger partial charge in [0, 0.05) is 0 Å². The molecule has 0 aromatic heterocycles. The Kier molecular flexibility index (Phi) is 26.8. The average Bonchev–Trinajstić information content (AvgIpc) is 1.69. The molecule has 3 N–H and O–H groups in total. The van der Waals surface area contributed by atoms with E-state index in [4.69, 9.17) is 10.4 Å². The lowest BCUT2D eigenvalue weighted by atomic mass is 10.7. The summed E-state index contributed by atoms with van der Waals surface area (Å²) < 4.78 is 0. The molecule has 0 heterocycles. The topological polar surface area (TPSA) is 70.0 Å². The smallest absolute Gasteiger partial charge is 0.173 e. The average molecular weight is 100 g/mol. The molecule has 0 amide bonds. The third-order valence-corrected chi connectivity index (χ3v) is 0.129. The van der Waals surface area contributed by atoms with Gasteiger partial charge in [0.1, 0.15) is 0 Å². The minimum atomic E-state index is 0.0833. The standard InChI is InChI=1S/C3H6O.CH2N2/c1-2-3-4;2-1-3/h2,4H,1,3H2;2H2. The fourth-order valence-electron chi connectivity index (χ4n) is 0. The summed E-state index contributed by atoms with van der Waals surface area (Å²) in [7, 11) is 0. The van der Waals surface area contributed by atoms with Crippen LogP contribution >= 0.6 is 0 Å². The highest BCUT2D eigenvalue weighted by molar-refractivity contribution is 4.60. The van der Waals surface area contributed by atoms with Crippen LogP contribution < -0.4 is 5.73 Å². The predicted octanol–water partition coefficient (Wildman–Crippen LogP) is -0.409. The van der Waals surface area contributed by atoms with Crippen molar-refractivity contribution < 1.29 is 5.11 Å².